The summed E-state index contributed by atoms with van der Waals surface area (Å²) < 4.78 is 0. The van der Waals surface area contributed by atoms with E-state index >= 15 is 0 Å². The molecule has 0 aliphatic rings. The summed E-state index contributed by atoms with van der Waals surface area (Å²) in [5, 5.41) is 14.5. The second kappa shape index (κ2) is 6.40. The van der Waals surface area contributed by atoms with Gasteiger partial charge in [0, 0.05) is 10.8 Å². The van der Waals surface area contributed by atoms with Crippen LogP contribution in [-0.2, 0) is 9.59 Å². The number of aromatic carboxylic acids is 1. The van der Waals surface area contributed by atoms with Crippen LogP contribution in [0.4, 0.5) is 11.4 Å². The number of carboxylic acid groups (broad SMARTS) is 1. The van der Waals surface area contributed by atoms with Crippen molar-refractivity contribution in [3.05, 3.63) is 23.8 Å². The zero-order valence-electron chi connectivity index (χ0n) is 14.4. The van der Waals surface area contributed by atoms with Gasteiger partial charge in [0.05, 0.1) is 16.9 Å². The van der Waals surface area contributed by atoms with Crippen molar-refractivity contribution in [2.24, 2.45) is 10.8 Å². The number of amides is 2. The Morgan fingerprint density at radius 3 is 1.65 bits per heavy atom. The summed E-state index contributed by atoms with van der Waals surface area (Å²) in [6.45, 7) is 10.5. The highest BCUT2D eigenvalue weighted by molar-refractivity contribution is 6.03. The number of carbonyl (C=O) groups is 3. The fourth-order valence-electron chi connectivity index (χ4n) is 1.51. The molecule has 126 valence electrons. The zero-order chi connectivity index (χ0) is 18.0. The fraction of sp³-hybridized carbons (Fsp3) is 0.471. The van der Waals surface area contributed by atoms with Gasteiger partial charge in [-0.05, 0) is 18.2 Å². The summed E-state index contributed by atoms with van der Waals surface area (Å²) in [4.78, 5) is 35.5. The topological polar surface area (TPSA) is 95.5 Å². The SMILES string of the molecule is CC(C)(C)C(=O)Nc1ccc(C(=O)O)cc1NC(=O)C(C)(C)C. The molecule has 1 aromatic carbocycles. The van der Waals surface area contributed by atoms with Crippen LogP contribution in [0.15, 0.2) is 18.2 Å². The Hall–Kier alpha value is -2.37. The lowest BCUT2D eigenvalue weighted by Gasteiger charge is -2.22. The zero-order valence-corrected chi connectivity index (χ0v) is 14.4. The fourth-order valence-corrected chi connectivity index (χ4v) is 1.51. The number of hydrogen-bond donors (Lipinski definition) is 3. The summed E-state index contributed by atoms with van der Waals surface area (Å²) >= 11 is 0. The van der Waals surface area contributed by atoms with Crippen molar-refractivity contribution in [2.75, 3.05) is 10.6 Å². The Morgan fingerprint density at radius 2 is 1.26 bits per heavy atom. The summed E-state index contributed by atoms with van der Waals surface area (Å²) in [6.07, 6.45) is 0. The van der Waals surface area contributed by atoms with Crippen molar-refractivity contribution < 1.29 is 19.5 Å². The summed E-state index contributed by atoms with van der Waals surface area (Å²) in [7, 11) is 0. The third-order valence-electron chi connectivity index (χ3n) is 3.13. The van der Waals surface area contributed by atoms with E-state index < -0.39 is 16.8 Å². The number of hydrogen-bond acceptors (Lipinski definition) is 3. The number of carboxylic acids is 1. The minimum atomic E-state index is -1.11. The standard InChI is InChI=1S/C17H24N2O4/c1-16(2,3)14(22)18-11-8-7-10(13(20)21)9-12(11)19-15(23)17(4,5)6/h7-9H,1-6H3,(H,18,22)(H,19,23)(H,20,21). The van der Waals surface area contributed by atoms with Gasteiger partial charge in [-0.15, -0.1) is 0 Å². The van der Waals surface area contributed by atoms with Crippen LogP contribution in [0.25, 0.3) is 0 Å². The minimum Gasteiger partial charge on any atom is -0.478 e. The number of nitrogens with one attached hydrogen (secondary N) is 2. The molecule has 2 amide bonds. The molecule has 1 aromatic rings. The van der Waals surface area contributed by atoms with Crippen LogP contribution in [0.2, 0.25) is 0 Å². The highest BCUT2D eigenvalue weighted by atomic mass is 16.4. The molecule has 0 saturated heterocycles. The van der Waals surface area contributed by atoms with Crippen molar-refractivity contribution in [1.29, 1.82) is 0 Å². The van der Waals surface area contributed by atoms with Gasteiger partial charge in [-0.2, -0.15) is 0 Å². The van der Waals surface area contributed by atoms with E-state index in [1.165, 1.54) is 18.2 Å². The second-order valence-corrected chi connectivity index (χ2v) is 7.47. The molecule has 1 rings (SSSR count). The molecule has 0 aliphatic heterocycles. The molecule has 3 N–H and O–H groups in total. The lowest BCUT2D eigenvalue weighted by Crippen LogP contribution is -2.30. The molecular weight excluding hydrogens is 296 g/mol. The first-order chi connectivity index (χ1) is 10.3. The third-order valence-corrected chi connectivity index (χ3v) is 3.13. The van der Waals surface area contributed by atoms with E-state index in [9.17, 15) is 14.4 Å². The highest BCUT2D eigenvalue weighted by Crippen LogP contribution is 2.28. The van der Waals surface area contributed by atoms with Crippen molar-refractivity contribution >= 4 is 29.2 Å². The van der Waals surface area contributed by atoms with Crippen LogP contribution in [0.1, 0.15) is 51.9 Å². The molecule has 0 fully saturated rings. The maximum Gasteiger partial charge on any atom is 0.335 e. The van der Waals surface area contributed by atoms with Crippen LogP contribution in [0, 0.1) is 10.8 Å². The quantitative estimate of drug-likeness (QED) is 0.795. The van der Waals surface area contributed by atoms with E-state index in [-0.39, 0.29) is 23.1 Å². The Bertz CT molecular complexity index is 637. The Balaban J connectivity index is 3.22. The third kappa shape index (κ3) is 5.09. The molecule has 0 atom stereocenters. The number of rotatable bonds is 3. The van der Waals surface area contributed by atoms with Crippen LogP contribution in [0.5, 0.6) is 0 Å². The molecule has 6 nitrogen and oxygen atoms in total. The molecule has 0 unspecified atom stereocenters. The molecule has 6 heteroatoms. The van der Waals surface area contributed by atoms with Crippen LogP contribution >= 0.6 is 0 Å². The van der Waals surface area contributed by atoms with Gasteiger partial charge in [0.15, 0.2) is 0 Å². The Kier molecular flexibility index (Phi) is 5.20. The van der Waals surface area contributed by atoms with Gasteiger partial charge in [-0.1, -0.05) is 41.5 Å². The Labute approximate surface area is 136 Å². The van der Waals surface area contributed by atoms with E-state index in [1.807, 2.05) is 0 Å². The van der Waals surface area contributed by atoms with Crippen LogP contribution < -0.4 is 10.6 Å². The van der Waals surface area contributed by atoms with Gasteiger partial charge in [-0.25, -0.2) is 4.79 Å². The van der Waals surface area contributed by atoms with Gasteiger partial charge in [0.1, 0.15) is 0 Å². The monoisotopic (exact) mass is 320 g/mol. The number of anilines is 2. The molecule has 0 saturated carbocycles. The molecule has 0 aliphatic carbocycles. The predicted octanol–water partition coefficient (Wildman–Crippen LogP) is 3.35. The smallest absolute Gasteiger partial charge is 0.335 e. The summed E-state index contributed by atoms with van der Waals surface area (Å²) in [5.74, 6) is -1.61. The Morgan fingerprint density at radius 1 is 0.826 bits per heavy atom. The minimum absolute atomic E-state index is 0.0305. The molecule has 0 radical (unpaired) electrons. The molecule has 0 heterocycles. The maximum absolute atomic E-state index is 12.2. The molecule has 0 spiro atoms. The van der Waals surface area contributed by atoms with Crippen LogP contribution in [-0.4, -0.2) is 22.9 Å². The first-order valence-electron chi connectivity index (χ1n) is 7.32. The molecule has 0 bridgehead atoms. The second-order valence-electron chi connectivity index (χ2n) is 7.47. The lowest BCUT2D eigenvalue weighted by molar-refractivity contribution is -0.124. The molecule has 23 heavy (non-hydrogen) atoms. The largest absolute Gasteiger partial charge is 0.478 e. The summed E-state index contributed by atoms with van der Waals surface area (Å²) in [6, 6.07) is 4.20. The van der Waals surface area contributed by atoms with Gasteiger partial charge >= 0.3 is 5.97 Å². The molecular formula is C17H24N2O4. The lowest BCUT2D eigenvalue weighted by atomic mass is 9.94. The van der Waals surface area contributed by atoms with Crippen molar-refractivity contribution in [2.45, 2.75) is 41.5 Å². The molecule has 0 aromatic heterocycles. The maximum atomic E-state index is 12.2. The highest BCUT2D eigenvalue weighted by Gasteiger charge is 2.25. The first-order valence-corrected chi connectivity index (χ1v) is 7.32. The van der Waals surface area contributed by atoms with Gasteiger partial charge < -0.3 is 15.7 Å². The van der Waals surface area contributed by atoms with E-state index in [1.54, 1.807) is 41.5 Å². The van der Waals surface area contributed by atoms with E-state index in [4.69, 9.17) is 5.11 Å². The van der Waals surface area contributed by atoms with Crippen molar-refractivity contribution in [3.8, 4) is 0 Å². The van der Waals surface area contributed by atoms with Crippen molar-refractivity contribution in [1.82, 2.24) is 0 Å². The van der Waals surface area contributed by atoms with Gasteiger partial charge in [0.2, 0.25) is 11.8 Å². The number of carbonyl (C=O) groups excluding carboxylic acids is 2. The van der Waals surface area contributed by atoms with Gasteiger partial charge in [0.25, 0.3) is 0 Å². The van der Waals surface area contributed by atoms with Crippen molar-refractivity contribution in [3.63, 3.8) is 0 Å². The first kappa shape index (κ1) is 18.7. The normalized spacial score (nSPS) is 11.7. The average Bonchev–Trinajstić information content (AvgIpc) is 2.37. The average molecular weight is 320 g/mol. The predicted molar refractivity (Wildman–Crippen MR) is 89.6 cm³/mol. The number of benzene rings is 1. The van der Waals surface area contributed by atoms with Crippen LogP contribution in [0.3, 0.4) is 0 Å². The van der Waals surface area contributed by atoms with Gasteiger partial charge in [-0.3, -0.25) is 9.59 Å². The van der Waals surface area contributed by atoms with E-state index in [0.29, 0.717) is 5.69 Å². The van der Waals surface area contributed by atoms with E-state index in [2.05, 4.69) is 10.6 Å². The summed E-state index contributed by atoms with van der Waals surface area (Å²) in [5.41, 5.74) is -0.598. The van der Waals surface area contributed by atoms with E-state index in [0.717, 1.165) is 0 Å².